The summed E-state index contributed by atoms with van der Waals surface area (Å²) in [6.07, 6.45) is 1.77. The standard InChI is InChI=1S/C7H8N2O/c8-4-7-3-5(7)1-2-9-6(7)10/h5H,1-3H2,(H,9,10). The molecule has 0 aromatic carbocycles. The average Bonchev–Trinajstić information content (AvgIpc) is 2.65. The molecule has 52 valence electrons. The Morgan fingerprint density at radius 3 is 3.10 bits per heavy atom. The molecule has 2 fully saturated rings. The summed E-state index contributed by atoms with van der Waals surface area (Å²) in [5.74, 6) is 0.317. The monoisotopic (exact) mass is 136 g/mol. The van der Waals surface area contributed by atoms with Crippen molar-refractivity contribution in [2.24, 2.45) is 11.3 Å². The normalized spacial score (nSPS) is 43.1. The molecule has 1 amide bonds. The van der Waals surface area contributed by atoms with Gasteiger partial charge in [-0.15, -0.1) is 0 Å². The van der Waals surface area contributed by atoms with Crippen LogP contribution in [-0.2, 0) is 4.79 Å². The maximum atomic E-state index is 11.1. The van der Waals surface area contributed by atoms with Crippen LogP contribution in [0.3, 0.4) is 0 Å². The number of nitriles is 1. The fourth-order valence-electron chi connectivity index (χ4n) is 1.66. The molecule has 1 aliphatic heterocycles. The van der Waals surface area contributed by atoms with Gasteiger partial charge in [0.2, 0.25) is 5.91 Å². The Balaban J connectivity index is 2.27. The van der Waals surface area contributed by atoms with E-state index in [1.54, 1.807) is 0 Å². The van der Waals surface area contributed by atoms with E-state index in [0.717, 1.165) is 19.4 Å². The van der Waals surface area contributed by atoms with E-state index >= 15 is 0 Å². The molecule has 3 heteroatoms. The van der Waals surface area contributed by atoms with E-state index in [9.17, 15) is 4.79 Å². The number of carbonyl (C=O) groups excluding carboxylic acids is 1. The van der Waals surface area contributed by atoms with Gasteiger partial charge < -0.3 is 5.32 Å². The molecule has 1 saturated heterocycles. The molecule has 0 aromatic heterocycles. The number of nitrogens with one attached hydrogen (secondary N) is 1. The Morgan fingerprint density at radius 2 is 2.60 bits per heavy atom. The molecule has 2 atom stereocenters. The van der Waals surface area contributed by atoms with Crippen molar-refractivity contribution in [3.8, 4) is 6.07 Å². The number of hydrogen-bond acceptors (Lipinski definition) is 2. The third-order valence-corrected chi connectivity index (χ3v) is 2.49. The lowest BCUT2D eigenvalue weighted by Crippen LogP contribution is -2.37. The van der Waals surface area contributed by atoms with Crippen LogP contribution in [0.2, 0.25) is 0 Å². The van der Waals surface area contributed by atoms with E-state index < -0.39 is 5.41 Å². The molecule has 0 bridgehead atoms. The van der Waals surface area contributed by atoms with Gasteiger partial charge in [-0.3, -0.25) is 4.79 Å². The molecule has 1 aliphatic carbocycles. The van der Waals surface area contributed by atoms with Gasteiger partial charge in [0.25, 0.3) is 0 Å². The number of fused-ring (bicyclic) bond motifs is 1. The van der Waals surface area contributed by atoms with Crippen LogP contribution in [0.5, 0.6) is 0 Å². The van der Waals surface area contributed by atoms with Gasteiger partial charge in [-0.1, -0.05) is 0 Å². The van der Waals surface area contributed by atoms with Gasteiger partial charge in [0.05, 0.1) is 6.07 Å². The average molecular weight is 136 g/mol. The third kappa shape index (κ3) is 0.469. The molecule has 0 aromatic rings. The van der Waals surface area contributed by atoms with Crippen LogP contribution in [0.15, 0.2) is 0 Å². The minimum absolute atomic E-state index is 0.0498. The second-order valence-corrected chi connectivity index (χ2v) is 3.03. The van der Waals surface area contributed by atoms with Crippen molar-refractivity contribution in [2.75, 3.05) is 6.54 Å². The van der Waals surface area contributed by atoms with Gasteiger partial charge in [0.15, 0.2) is 0 Å². The lowest BCUT2D eigenvalue weighted by Gasteiger charge is -2.14. The molecule has 0 spiro atoms. The summed E-state index contributed by atoms with van der Waals surface area (Å²) in [6.45, 7) is 0.757. The van der Waals surface area contributed by atoms with Crippen LogP contribution < -0.4 is 5.32 Å². The van der Waals surface area contributed by atoms with Crippen LogP contribution in [-0.4, -0.2) is 12.5 Å². The highest BCUT2D eigenvalue weighted by Crippen LogP contribution is 2.55. The lowest BCUT2D eigenvalue weighted by molar-refractivity contribution is -0.125. The maximum Gasteiger partial charge on any atom is 0.240 e. The topological polar surface area (TPSA) is 52.9 Å². The zero-order chi connectivity index (χ0) is 7.19. The zero-order valence-electron chi connectivity index (χ0n) is 5.55. The molecular weight excluding hydrogens is 128 g/mol. The van der Waals surface area contributed by atoms with Gasteiger partial charge in [0.1, 0.15) is 5.41 Å². The van der Waals surface area contributed by atoms with Crippen LogP contribution >= 0.6 is 0 Å². The molecule has 10 heavy (non-hydrogen) atoms. The minimum Gasteiger partial charge on any atom is -0.355 e. The number of carbonyl (C=O) groups is 1. The van der Waals surface area contributed by atoms with Crippen molar-refractivity contribution in [1.82, 2.24) is 5.32 Å². The smallest absolute Gasteiger partial charge is 0.240 e. The van der Waals surface area contributed by atoms with Crippen LogP contribution in [0.25, 0.3) is 0 Å². The highest BCUT2D eigenvalue weighted by molar-refractivity contribution is 5.89. The molecule has 1 N–H and O–H groups in total. The maximum absolute atomic E-state index is 11.1. The summed E-state index contributed by atoms with van der Waals surface area (Å²) in [7, 11) is 0. The first kappa shape index (κ1) is 5.72. The summed E-state index contributed by atoms with van der Waals surface area (Å²) < 4.78 is 0. The molecule has 2 unspecified atom stereocenters. The highest BCUT2D eigenvalue weighted by Gasteiger charge is 2.62. The Kier molecular flexibility index (Phi) is 0.866. The van der Waals surface area contributed by atoms with Gasteiger partial charge in [-0.2, -0.15) is 5.26 Å². The molecule has 1 saturated carbocycles. The van der Waals surface area contributed by atoms with Crippen molar-refractivity contribution >= 4 is 5.91 Å². The number of rotatable bonds is 0. The van der Waals surface area contributed by atoms with Crippen molar-refractivity contribution < 1.29 is 4.79 Å². The van der Waals surface area contributed by atoms with Crippen molar-refractivity contribution in [3.63, 3.8) is 0 Å². The first-order valence-electron chi connectivity index (χ1n) is 3.49. The second-order valence-electron chi connectivity index (χ2n) is 3.03. The molecular formula is C7H8N2O. The summed E-state index contributed by atoms with van der Waals surface area (Å²) in [4.78, 5) is 11.1. The quantitative estimate of drug-likeness (QED) is 0.511. The van der Waals surface area contributed by atoms with Gasteiger partial charge in [-0.25, -0.2) is 0 Å². The minimum atomic E-state index is -0.599. The largest absolute Gasteiger partial charge is 0.355 e. The molecule has 0 radical (unpaired) electrons. The molecule has 1 heterocycles. The summed E-state index contributed by atoms with van der Waals surface area (Å²) in [5, 5.41) is 11.4. The third-order valence-electron chi connectivity index (χ3n) is 2.49. The Bertz CT molecular complexity index is 230. The van der Waals surface area contributed by atoms with E-state index in [2.05, 4.69) is 11.4 Å². The zero-order valence-corrected chi connectivity index (χ0v) is 5.55. The molecule has 2 rings (SSSR count). The second kappa shape index (κ2) is 1.51. The molecule has 3 nitrogen and oxygen atoms in total. The van der Waals surface area contributed by atoms with Gasteiger partial charge >= 0.3 is 0 Å². The predicted octanol–water partition coefficient (Wildman–Crippen LogP) is 0.0362. The van der Waals surface area contributed by atoms with Crippen molar-refractivity contribution in [3.05, 3.63) is 0 Å². The predicted molar refractivity (Wildman–Crippen MR) is 33.8 cm³/mol. The first-order chi connectivity index (χ1) is 4.79. The summed E-state index contributed by atoms with van der Waals surface area (Å²) >= 11 is 0. The van der Waals surface area contributed by atoms with Gasteiger partial charge in [0, 0.05) is 6.54 Å². The van der Waals surface area contributed by atoms with Crippen molar-refractivity contribution in [2.45, 2.75) is 12.8 Å². The fraction of sp³-hybridized carbons (Fsp3) is 0.714. The number of nitrogens with zero attached hydrogens (tertiary/aromatic N) is 1. The number of amides is 1. The molecule has 2 aliphatic rings. The Morgan fingerprint density at radius 1 is 1.80 bits per heavy atom. The van der Waals surface area contributed by atoms with E-state index in [1.165, 1.54) is 0 Å². The number of hydrogen-bond donors (Lipinski definition) is 1. The van der Waals surface area contributed by atoms with E-state index in [1.807, 2.05) is 0 Å². The van der Waals surface area contributed by atoms with E-state index in [4.69, 9.17) is 5.26 Å². The Hall–Kier alpha value is -1.04. The lowest BCUT2D eigenvalue weighted by atomic mass is 10.00. The van der Waals surface area contributed by atoms with Crippen LogP contribution in [0, 0.1) is 22.7 Å². The highest BCUT2D eigenvalue weighted by atomic mass is 16.2. The summed E-state index contributed by atoms with van der Waals surface area (Å²) in [6, 6.07) is 2.09. The van der Waals surface area contributed by atoms with Crippen LogP contribution in [0.4, 0.5) is 0 Å². The first-order valence-corrected chi connectivity index (χ1v) is 3.49. The van der Waals surface area contributed by atoms with E-state index in [0.29, 0.717) is 5.92 Å². The SMILES string of the molecule is N#CC12CC1CCNC2=O. The van der Waals surface area contributed by atoms with Gasteiger partial charge in [-0.05, 0) is 18.8 Å². The fourth-order valence-corrected chi connectivity index (χ4v) is 1.66. The number of piperidine rings is 1. The van der Waals surface area contributed by atoms with E-state index in [-0.39, 0.29) is 5.91 Å². The van der Waals surface area contributed by atoms with Crippen LogP contribution in [0.1, 0.15) is 12.8 Å². The van der Waals surface area contributed by atoms with Crippen molar-refractivity contribution in [1.29, 1.82) is 5.26 Å². The Labute approximate surface area is 59.0 Å². The summed E-state index contributed by atoms with van der Waals surface area (Å²) in [5.41, 5.74) is -0.599.